The third kappa shape index (κ3) is 3.29. The highest BCUT2D eigenvalue weighted by atomic mass is 16.5. The largest absolute Gasteiger partial charge is 0.497 e. The Balaban J connectivity index is 1.47. The Morgan fingerprint density at radius 2 is 2.19 bits per heavy atom. The smallest absolute Gasteiger partial charge is 0.254 e. The second-order valence-electron chi connectivity index (χ2n) is 7.16. The Morgan fingerprint density at radius 1 is 1.31 bits per heavy atom. The van der Waals surface area contributed by atoms with Gasteiger partial charge in [0.25, 0.3) is 5.91 Å². The Kier molecular flexibility index (Phi) is 4.59. The molecule has 0 N–H and O–H groups in total. The standard InChI is InChI=1S/C20H24N4O2/c1-23-8-7-18-16(12-23)11-21-19(22-18)15-6-9-24(13-15)20(25)14-4-3-5-17(10-14)26-2/h3-5,10-11,15H,6-9,12-13H2,1-2H3/t15-/m0/s1. The normalized spacial score (nSPS) is 20.1. The molecule has 0 saturated carbocycles. The van der Waals surface area contributed by atoms with Gasteiger partial charge in [0.15, 0.2) is 0 Å². The van der Waals surface area contributed by atoms with Crippen LogP contribution in [-0.2, 0) is 13.0 Å². The van der Waals surface area contributed by atoms with Gasteiger partial charge >= 0.3 is 0 Å². The number of benzene rings is 1. The van der Waals surface area contributed by atoms with E-state index in [0.29, 0.717) is 17.9 Å². The van der Waals surface area contributed by atoms with Gasteiger partial charge in [-0.15, -0.1) is 0 Å². The Bertz CT molecular complexity index is 823. The van der Waals surface area contributed by atoms with Crippen LogP contribution in [0.2, 0.25) is 0 Å². The summed E-state index contributed by atoms with van der Waals surface area (Å²) in [6, 6.07) is 7.33. The fourth-order valence-corrected chi connectivity index (χ4v) is 3.76. The van der Waals surface area contributed by atoms with Gasteiger partial charge in [0.2, 0.25) is 0 Å². The zero-order valence-corrected chi connectivity index (χ0v) is 15.3. The van der Waals surface area contributed by atoms with Crippen molar-refractivity contribution in [3.8, 4) is 5.75 Å². The zero-order chi connectivity index (χ0) is 18.1. The van der Waals surface area contributed by atoms with Crippen molar-refractivity contribution >= 4 is 5.91 Å². The maximum atomic E-state index is 12.8. The number of likely N-dealkylation sites (N-methyl/N-ethyl adjacent to an activating group) is 1. The first-order valence-corrected chi connectivity index (χ1v) is 9.10. The molecule has 1 atom stereocenters. The summed E-state index contributed by atoms with van der Waals surface area (Å²) in [5.74, 6) is 1.85. The molecule has 6 nitrogen and oxygen atoms in total. The van der Waals surface area contributed by atoms with E-state index in [9.17, 15) is 4.79 Å². The summed E-state index contributed by atoms with van der Waals surface area (Å²) < 4.78 is 5.22. The maximum absolute atomic E-state index is 12.8. The molecule has 0 bridgehead atoms. The number of rotatable bonds is 3. The fraction of sp³-hybridized carbons (Fsp3) is 0.450. The molecule has 2 aliphatic rings. The summed E-state index contributed by atoms with van der Waals surface area (Å²) in [5, 5.41) is 0. The van der Waals surface area contributed by atoms with E-state index in [-0.39, 0.29) is 11.8 Å². The Labute approximate surface area is 153 Å². The van der Waals surface area contributed by atoms with E-state index in [4.69, 9.17) is 9.72 Å². The molecule has 0 radical (unpaired) electrons. The summed E-state index contributed by atoms with van der Waals surface area (Å²) >= 11 is 0. The van der Waals surface area contributed by atoms with E-state index in [2.05, 4.69) is 16.9 Å². The molecule has 2 aromatic rings. The first-order chi connectivity index (χ1) is 12.6. The van der Waals surface area contributed by atoms with E-state index in [1.807, 2.05) is 29.3 Å². The Morgan fingerprint density at radius 3 is 3.04 bits per heavy atom. The first-order valence-electron chi connectivity index (χ1n) is 9.10. The highest BCUT2D eigenvalue weighted by Gasteiger charge is 2.30. The lowest BCUT2D eigenvalue weighted by atomic mass is 10.1. The number of ether oxygens (including phenoxy) is 1. The molecule has 1 aromatic carbocycles. The van der Waals surface area contributed by atoms with Gasteiger partial charge in [0, 0.05) is 61.5 Å². The summed E-state index contributed by atoms with van der Waals surface area (Å²) in [4.78, 5) is 26.4. The molecular formula is C20H24N4O2. The van der Waals surface area contributed by atoms with Gasteiger partial charge in [-0.05, 0) is 31.7 Å². The second kappa shape index (κ2) is 7.03. The number of carbonyl (C=O) groups excluding carboxylic acids is 1. The lowest BCUT2D eigenvalue weighted by Gasteiger charge is -2.24. The molecule has 6 heteroatoms. The molecule has 1 amide bonds. The monoisotopic (exact) mass is 352 g/mol. The van der Waals surface area contributed by atoms with Crippen molar-refractivity contribution in [1.29, 1.82) is 0 Å². The summed E-state index contributed by atoms with van der Waals surface area (Å²) in [6.07, 6.45) is 3.86. The minimum atomic E-state index is 0.0472. The SMILES string of the molecule is COc1cccc(C(=O)N2CC[C@H](c3ncc4c(n3)CCN(C)C4)C2)c1. The van der Waals surface area contributed by atoms with Crippen LogP contribution in [0.1, 0.15) is 39.8 Å². The summed E-state index contributed by atoms with van der Waals surface area (Å²) in [7, 11) is 3.73. The van der Waals surface area contributed by atoms with Gasteiger partial charge in [-0.1, -0.05) is 6.07 Å². The van der Waals surface area contributed by atoms with Gasteiger partial charge in [-0.2, -0.15) is 0 Å². The number of carbonyl (C=O) groups is 1. The molecule has 0 aliphatic carbocycles. The van der Waals surface area contributed by atoms with Crippen molar-refractivity contribution in [2.75, 3.05) is 33.8 Å². The Hall–Kier alpha value is -2.47. The van der Waals surface area contributed by atoms with Crippen molar-refractivity contribution in [1.82, 2.24) is 19.8 Å². The molecule has 3 heterocycles. The van der Waals surface area contributed by atoms with Crippen LogP contribution >= 0.6 is 0 Å². The molecule has 136 valence electrons. The highest BCUT2D eigenvalue weighted by molar-refractivity contribution is 5.94. The minimum absolute atomic E-state index is 0.0472. The average Bonchev–Trinajstić information content (AvgIpc) is 3.17. The third-order valence-corrected chi connectivity index (χ3v) is 5.30. The first kappa shape index (κ1) is 17.0. The van der Waals surface area contributed by atoms with E-state index in [0.717, 1.165) is 38.3 Å². The number of amides is 1. The van der Waals surface area contributed by atoms with Crippen molar-refractivity contribution in [3.63, 3.8) is 0 Å². The van der Waals surface area contributed by atoms with Gasteiger partial charge < -0.3 is 14.5 Å². The third-order valence-electron chi connectivity index (χ3n) is 5.30. The maximum Gasteiger partial charge on any atom is 0.254 e. The lowest BCUT2D eigenvalue weighted by Crippen LogP contribution is -2.29. The van der Waals surface area contributed by atoms with E-state index in [1.54, 1.807) is 13.2 Å². The number of hydrogen-bond donors (Lipinski definition) is 0. The molecule has 0 spiro atoms. The van der Waals surface area contributed by atoms with Gasteiger partial charge in [0.05, 0.1) is 7.11 Å². The van der Waals surface area contributed by atoms with Crippen LogP contribution in [0.25, 0.3) is 0 Å². The van der Waals surface area contributed by atoms with E-state index in [1.165, 1.54) is 11.3 Å². The summed E-state index contributed by atoms with van der Waals surface area (Å²) in [6.45, 7) is 3.37. The van der Waals surface area contributed by atoms with Crippen molar-refractivity contribution in [2.45, 2.75) is 25.3 Å². The van der Waals surface area contributed by atoms with Crippen LogP contribution in [0, 0.1) is 0 Å². The van der Waals surface area contributed by atoms with E-state index >= 15 is 0 Å². The van der Waals surface area contributed by atoms with Crippen molar-refractivity contribution < 1.29 is 9.53 Å². The fourth-order valence-electron chi connectivity index (χ4n) is 3.76. The van der Waals surface area contributed by atoms with Crippen molar-refractivity contribution in [2.24, 2.45) is 0 Å². The van der Waals surface area contributed by atoms with Crippen molar-refractivity contribution in [3.05, 3.63) is 53.1 Å². The van der Waals surface area contributed by atoms with E-state index < -0.39 is 0 Å². The molecule has 1 aromatic heterocycles. The highest BCUT2D eigenvalue weighted by Crippen LogP contribution is 2.28. The average molecular weight is 352 g/mol. The quantitative estimate of drug-likeness (QED) is 0.847. The van der Waals surface area contributed by atoms with Gasteiger partial charge in [0.1, 0.15) is 11.6 Å². The molecule has 2 aliphatic heterocycles. The predicted molar refractivity (Wildman–Crippen MR) is 98.3 cm³/mol. The number of methoxy groups -OCH3 is 1. The molecular weight excluding hydrogens is 328 g/mol. The lowest BCUT2D eigenvalue weighted by molar-refractivity contribution is 0.0790. The minimum Gasteiger partial charge on any atom is -0.497 e. The number of nitrogens with zero attached hydrogens (tertiary/aromatic N) is 4. The molecule has 1 saturated heterocycles. The molecule has 26 heavy (non-hydrogen) atoms. The number of hydrogen-bond acceptors (Lipinski definition) is 5. The van der Waals surface area contributed by atoms with Crippen LogP contribution in [-0.4, -0.2) is 59.5 Å². The van der Waals surface area contributed by atoms with Crippen LogP contribution in [0.3, 0.4) is 0 Å². The van der Waals surface area contributed by atoms with Gasteiger partial charge in [-0.3, -0.25) is 4.79 Å². The number of likely N-dealkylation sites (tertiary alicyclic amines) is 1. The van der Waals surface area contributed by atoms with Crippen LogP contribution in [0.4, 0.5) is 0 Å². The summed E-state index contributed by atoms with van der Waals surface area (Å²) in [5.41, 5.74) is 3.06. The number of aromatic nitrogens is 2. The predicted octanol–water partition coefficient (Wildman–Crippen LogP) is 2.10. The van der Waals surface area contributed by atoms with Crippen LogP contribution in [0.15, 0.2) is 30.5 Å². The van der Waals surface area contributed by atoms with Crippen LogP contribution < -0.4 is 4.74 Å². The number of fused-ring (bicyclic) bond motifs is 1. The van der Waals surface area contributed by atoms with Crippen LogP contribution in [0.5, 0.6) is 5.75 Å². The topological polar surface area (TPSA) is 58.6 Å². The zero-order valence-electron chi connectivity index (χ0n) is 15.3. The molecule has 0 unspecified atom stereocenters. The molecule has 4 rings (SSSR count). The second-order valence-corrected chi connectivity index (χ2v) is 7.16. The van der Waals surface area contributed by atoms with Gasteiger partial charge in [-0.25, -0.2) is 9.97 Å². The molecule has 1 fully saturated rings.